The summed E-state index contributed by atoms with van der Waals surface area (Å²) in [6.45, 7) is 0.880. The maximum Gasteiger partial charge on any atom is 0.272 e. The van der Waals surface area contributed by atoms with Crippen molar-refractivity contribution in [2.24, 2.45) is 0 Å². The second-order valence-corrected chi connectivity index (χ2v) is 4.89. The number of likely N-dealkylation sites (tertiary alicyclic amines) is 1. The highest BCUT2D eigenvalue weighted by Crippen LogP contribution is 2.23. The number of carbonyl (C=O) groups is 1. The van der Waals surface area contributed by atoms with Crippen LogP contribution >= 0.6 is 15.9 Å². The lowest BCUT2D eigenvalue weighted by molar-refractivity contribution is 0.0724. The van der Waals surface area contributed by atoms with Gasteiger partial charge in [-0.3, -0.25) is 9.89 Å². The number of halogens is 1. The fourth-order valence-electron chi connectivity index (χ4n) is 2.25. The standard InChI is InChI=1S/C11H16BrN3O/c12-6-1-3-9-4-2-8-15(9)11(16)10-5-7-13-14-10/h5,7,9H,1-4,6,8H2,(H,13,14). The first-order valence-electron chi connectivity index (χ1n) is 5.69. The van der Waals surface area contributed by atoms with Gasteiger partial charge < -0.3 is 4.90 Å². The molecule has 0 spiro atoms. The molecule has 1 aliphatic rings. The maximum atomic E-state index is 12.1. The summed E-state index contributed by atoms with van der Waals surface area (Å²) < 4.78 is 0. The van der Waals surface area contributed by atoms with Crippen LogP contribution in [-0.2, 0) is 0 Å². The number of alkyl halides is 1. The van der Waals surface area contributed by atoms with E-state index in [9.17, 15) is 4.79 Å². The third-order valence-corrected chi connectivity index (χ3v) is 3.60. The second kappa shape index (κ2) is 5.48. The van der Waals surface area contributed by atoms with Crippen LogP contribution in [0.4, 0.5) is 0 Å². The van der Waals surface area contributed by atoms with Gasteiger partial charge in [0.15, 0.2) is 0 Å². The average Bonchev–Trinajstić information content (AvgIpc) is 2.96. The molecule has 0 saturated carbocycles. The number of amides is 1. The fourth-order valence-corrected chi connectivity index (χ4v) is 2.57. The van der Waals surface area contributed by atoms with Crippen LogP contribution in [0.25, 0.3) is 0 Å². The largest absolute Gasteiger partial charge is 0.334 e. The molecule has 0 aromatic carbocycles. The van der Waals surface area contributed by atoms with Gasteiger partial charge in [0.1, 0.15) is 5.69 Å². The number of carbonyl (C=O) groups excluding carboxylic acids is 1. The van der Waals surface area contributed by atoms with E-state index in [2.05, 4.69) is 26.1 Å². The lowest BCUT2D eigenvalue weighted by Gasteiger charge is -2.23. The van der Waals surface area contributed by atoms with E-state index in [0.29, 0.717) is 11.7 Å². The minimum Gasteiger partial charge on any atom is -0.334 e. The molecule has 1 fully saturated rings. The third kappa shape index (κ3) is 2.45. The summed E-state index contributed by atoms with van der Waals surface area (Å²) in [4.78, 5) is 14.1. The zero-order valence-corrected chi connectivity index (χ0v) is 10.7. The van der Waals surface area contributed by atoms with Crippen molar-refractivity contribution in [2.75, 3.05) is 11.9 Å². The summed E-state index contributed by atoms with van der Waals surface area (Å²) in [5.74, 6) is 0.0922. The van der Waals surface area contributed by atoms with E-state index in [1.165, 1.54) is 0 Å². The highest BCUT2D eigenvalue weighted by Gasteiger charge is 2.29. The minimum absolute atomic E-state index is 0.0922. The molecule has 1 unspecified atom stereocenters. The predicted molar refractivity (Wildman–Crippen MR) is 65.7 cm³/mol. The smallest absolute Gasteiger partial charge is 0.272 e. The molecule has 2 rings (SSSR count). The number of rotatable bonds is 4. The molecule has 0 bridgehead atoms. The molecular weight excluding hydrogens is 270 g/mol. The summed E-state index contributed by atoms with van der Waals surface area (Å²) in [5.41, 5.74) is 0.603. The Morgan fingerprint density at radius 1 is 1.69 bits per heavy atom. The molecule has 1 atom stereocenters. The summed E-state index contributed by atoms with van der Waals surface area (Å²) >= 11 is 3.43. The van der Waals surface area contributed by atoms with Crippen LogP contribution in [0.5, 0.6) is 0 Å². The molecule has 1 saturated heterocycles. The second-order valence-electron chi connectivity index (χ2n) is 4.10. The molecule has 0 aliphatic carbocycles. The molecule has 88 valence electrons. The monoisotopic (exact) mass is 285 g/mol. The van der Waals surface area contributed by atoms with E-state index < -0.39 is 0 Å². The first-order chi connectivity index (χ1) is 7.83. The van der Waals surface area contributed by atoms with Crippen molar-refractivity contribution in [1.29, 1.82) is 0 Å². The van der Waals surface area contributed by atoms with Gasteiger partial charge in [0.05, 0.1) is 0 Å². The van der Waals surface area contributed by atoms with Gasteiger partial charge in [-0.15, -0.1) is 0 Å². The van der Waals surface area contributed by atoms with Gasteiger partial charge in [-0.25, -0.2) is 0 Å². The van der Waals surface area contributed by atoms with E-state index in [-0.39, 0.29) is 5.91 Å². The van der Waals surface area contributed by atoms with Crippen LogP contribution in [0.15, 0.2) is 12.3 Å². The fraction of sp³-hybridized carbons (Fsp3) is 0.636. The number of aromatic nitrogens is 2. The lowest BCUT2D eigenvalue weighted by atomic mass is 10.1. The Labute approximate surface area is 104 Å². The van der Waals surface area contributed by atoms with Crippen LogP contribution in [0.2, 0.25) is 0 Å². The topological polar surface area (TPSA) is 49.0 Å². The van der Waals surface area contributed by atoms with Crippen molar-refractivity contribution in [3.05, 3.63) is 18.0 Å². The number of hydrogen-bond donors (Lipinski definition) is 1. The van der Waals surface area contributed by atoms with E-state index >= 15 is 0 Å². The zero-order valence-electron chi connectivity index (χ0n) is 9.16. The Kier molecular flexibility index (Phi) is 3.98. The quantitative estimate of drug-likeness (QED) is 0.862. The molecule has 0 radical (unpaired) electrons. The van der Waals surface area contributed by atoms with Crippen LogP contribution in [0.1, 0.15) is 36.2 Å². The molecule has 1 aromatic heterocycles. The first-order valence-corrected chi connectivity index (χ1v) is 6.81. The molecule has 2 heterocycles. The molecule has 5 heteroatoms. The van der Waals surface area contributed by atoms with E-state index in [1.807, 2.05) is 4.90 Å². The first kappa shape index (κ1) is 11.6. The number of aromatic amines is 1. The van der Waals surface area contributed by atoms with Gasteiger partial charge >= 0.3 is 0 Å². The third-order valence-electron chi connectivity index (χ3n) is 3.04. The molecule has 1 amide bonds. The highest BCUT2D eigenvalue weighted by atomic mass is 79.9. The Morgan fingerprint density at radius 3 is 3.25 bits per heavy atom. The van der Waals surface area contributed by atoms with Gasteiger partial charge in [0.2, 0.25) is 0 Å². The van der Waals surface area contributed by atoms with E-state index in [4.69, 9.17) is 0 Å². The van der Waals surface area contributed by atoms with E-state index in [0.717, 1.165) is 37.6 Å². The van der Waals surface area contributed by atoms with Crippen molar-refractivity contribution in [3.63, 3.8) is 0 Å². The van der Waals surface area contributed by atoms with Gasteiger partial charge in [-0.1, -0.05) is 15.9 Å². The van der Waals surface area contributed by atoms with Crippen LogP contribution in [0.3, 0.4) is 0 Å². The zero-order chi connectivity index (χ0) is 11.4. The number of nitrogens with one attached hydrogen (secondary N) is 1. The molecule has 1 N–H and O–H groups in total. The molecule has 1 aliphatic heterocycles. The highest BCUT2D eigenvalue weighted by molar-refractivity contribution is 9.09. The Hall–Kier alpha value is -0.840. The van der Waals surface area contributed by atoms with Crippen molar-refractivity contribution >= 4 is 21.8 Å². The predicted octanol–water partition coefficient (Wildman–Crippen LogP) is 2.19. The van der Waals surface area contributed by atoms with Crippen molar-refractivity contribution in [2.45, 2.75) is 31.7 Å². The average molecular weight is 286 g/mol. The van der Waals surface area contributed by atoms with Gasteiger partial charge in [-0.05, 0) is 31.7 Å². The Morgan fingerprint density at radius 2 is 2.56 bits per heavy atom. The van der Waals surface area contributed by atoms with E-state index in [1.54, 1.807) is 12.3 Å². The lowest BCUT2D eigenvalue weighted by Crippen LogP contribution is -2.35. The summed E-state index contributed by atoms with van der Waals surface area (Å²) in [7, 11) is 0. The van der Waals surface area contributed by atoms with Crippen LogP contribution in [-0.4, -0.2) is 38.9 Å². The van der Waals surface area contributed by atoms with Crippen molar-refractivity contribution in [3.8, 4) is 0 Å². The van der Waals surface area contributed by atoms with Crippen molar-refractivity contribution in [1.82, 2.24) is 15.1 Å². The Balaban J connectivity index is 1.99. The Bertz CT molecular complexity index is 339. The van der Waals surface area contributed by atoms with Crippen molar-refractivity contribution < 1.29 is 4.79 Å². The van der Waals surface area contributed by atoms with Gasteiger partial charge in [-0.2, -0.15) is 5.10 Å². The SMILES string of the molecule is O=C(c1ccn[nH]1)N1CCCC1CCCBr. The summed E-state index contributed by atoms with van der Waals surface area (Å²) in [6.07, 6.45) is 6.08. The number of hydrogen-bond acceptors (Lipinski definition) is 2. The van der Waals surface area contributed by atoms with Crippen LogP contribution < -0.4 is 0 Å². The van der Waals surface area contributed by atoms with Gasteiger partial charge in [0.25, 0.3) is 5.91 Å². The van der Waals surface area contributed by atoms with Crippen LogP contribution in [0, 0.1) is 0 Å². The molecule has 1 aromatic rings. The molecule has 4 nitrogen and oxygen atoms in total. The molecular formula is C11H16BrN3O. The number of nitrogens with zero attached hydrogens (tertiary/aromatic N) is 2. The summed E-state index contributed by atoms with van der Waals surface area (Å²) in [5, 5.41) is 7.57. The van der Waals surface area contributed by atoms with Gasteiger partial charge in [0, 0.05) is 24.1 Å². The minimum atomic E-state index is 0.0922. The molecule has 16 heavy (non-hydrogen) atoms. The maximum absolute atomic E-state index is 12.1. The summed E-state index contributed by atoms with van der Waals surface area (Å²) in [6, 6.07) is 2.15. The normalized spacial score (nSPS) is 20.3. The number of H-pyrrole nitrogens is 1.